The Balaban J connectivity index is 2.10. The van der Waals surface area contributed by atoms with Gasteiger partial charge in [0.15, 0.2) is 0 Å². The van der Waals surface area contributed by atoms with E-state index in [2.05, 4.69) is 15.4 Å². The second-order valence-electron chi connectivity index (χ2n) is 9.64. The average molecular weight is 565 g/mol. The maximum atomic E-state index is 13.7. The molecule has 1 aliphatic heterocycles. The van der Waals surface area contributed by atoms with Crippen LogP contribution >= 0.6 is 0 Å². The van der Waals surface area contributed by atoms with Crippen LogP contribution in [0.4, 0.5) is 37.1 Å². The Kier molecular flexibility index (Phi) is 8.80. The number of hydrogen-bond donors (Lipinski definition) is 0. The Hall–Kier alpha value is -3.39. The molecule has 1 aromatic carbocycles. The van der Waals surface area contributed by atoms with Crippen molar-refractivity contribution in [3.05, 3.63) is 34.9 Å². The molecule has 39 heavy (non-hydrogen) atoms. The number of alkyl halides is 6. The van der Waals surface area contributed by atoms with E-state index < -0.39 is 59.2 Å². The van der Waals surface area contributed by atoms with E-state index in [0.717, 1.165) is 9.70 Å². The van der Waals surface area contributed by atoms with Crippen LogP contribution in [0.2, 0.25) is 0 Å². The highest BCUT2D eigenvalue weighted by Gasteiger charge is 2.44. The van der Waals surface area contributed by atoms with Crippen LogP contribution in [0, 0.1) is 0 Å². The number of ether oxygens (including phenoxy) is 1. The van der Waals surface area contributed by atoms with E-state index in [1.165, 1.54) is 7.05 Å². The lowest BCUT2D eigenvalue weighted by atomic mass is 9.87. The van der Waals surface area contributed by atoms with Crippen LogP contribution in [0.25, 0.3) is 0 Å². The van der Waals surface area contributed by atoms with Crippen LogP contribution in [0.3, 0.4) is 0 Å². The Labute approximate surface area is 221 Å². The molecule has 0 N–H and O–H groups in total. The minimum atomic E-state index is -5.13. The highest BCUT2D eigenvalue weighted by molar-refractivity contribution is 6.05. The summed E-state index contributed by atoms with van der Waals surface area (Å²) in [6.07, 6.45) is -9.94. The Morgan fingerprint density at radius 2 is 1.51 bits per heavy atom. The minimum Gasteiger partial charge on any atom is -0.447 e. The monoisotopic (exact) mass is 564 g/mol. The summed E-state index contributed by atoms with van der Waals surface area (Å²) in [5, 5.41) is 11.5. The number of halogens is 6. The van der Waals surface area contributed by atoms with Crippen molar-refractivity contribution in [1.29, 1.82) is 0 Å². The zero-order valence-corrected chi connectivity index (χ0v) is 22.0. The predicted molar refractivity (Wildman–Crippen MR) is 127 cm³/mol. The molecule has 0 bridgehead atoms. The molecular weight excluding hydrogens is 534 g/mol. The largest absolute Gasteiger partial charge is 0.447 e. The highest BCUT2D eigenvalue weighted by atomic mass is 19.4. The summed E-state index contributed by atoms with van der Waals surface area (Å²) in [5.41, 5.74) is -4.05. The van der Waals surface area contributed by atoms with Gasteiger partial charge in [-0.05, 0) is 62.9 Å². The van der Waals surface area contributed by atoms with Crippen LogP contribution < -0.4 is 4.90 Å². The number of carbonyl (C=O) groups excluding carboxylic acids is 2. The SMILES string of the molecule is CCC1CC(N(C(=O)c2cc(C(F)(F)F)cc(C(F)(F)F)c2)c2nnn(C)n2)CC(CC)N1C(=O)OC(C)C. The highest BCUT2D eigenvalue weighted by Crippen LogP contribution is 2.38. The summed E-state index contributed by atoms with van der Waals surface area (Å²) < 4.78 is 86.4. The van der Waals surface area contributed by atoms with Crippen LogP contribution in [-0.2, 0) is 24.1 Å². The smallest absolute Gasteiger partial charge is 0.416 e. The molecule has 1 fully saturated rings. The van der Waals surface area contributed by atoms with Gasteiger partial charge in [0.05, 0.1) is 24.3 Å². The van der Waals surface area contributed by atoms with Gasteiger partial charge >= 0.3 is 18.4 Å². The lowest BCUT2D eigenvalue weighted by Gasteiger charge is -2.46. The van der Waals surface area contributed by atoms with Gasteiger partial charge in [0.2, 0.25) is 0 Å². The summed E-state index contributed by atoms with van der Waals surface area (Å²) in [7, 11) is 1.40. The zero-order chi connectivity index (χ0) is 29.3. The number of benzene rings is 1. The van der Waals surface area contributed by atoms with E-state index in [-0.39, 0.29) is 31.0 Å². The third-order valence-electron chi connectivity index (χ3n) is 6.50. The lowest BCUT2D eigenvalue weighted by Crippen LogP contribution is -2.58. The summed E-state index contributed by atoms with van der Waals surface area (Å²) in [6, 6.07) is -0.905. The normalized spacial score (nSPS) is 20.3. The molecular formula is C24H30F6N6O3. The molecule has 0 spiro atoms. The first-order valence-electron chi connectivity index (χ1n) is 12.4. The second kappa shape index (κ2) is 11.4. The summed E-state index contributed by atoms with van der Waals surface area (Å²) in [4.78, 5) is 30.2. The first-order chi connectivity index (χ1) is 18.1. The van der Waals surface area contributed by atoms with Crippen LogP contribution in [0.15, 0.2) is 18.2 Å². The number of piperidine rings is 1. The molecule has 2 unspecified atom stereocenters. The lowest BCUT2D eigenvalue weighted by molar-refractivity contribution is -0.143. The van der Waals surface area contributed by atoms with Crippen molar-refractivity contribution in [2.75, 3.05) is 4.90 Å². The van der Waals surface area contributed by atoms with Crippen molar-refractivity contribution in [2.45, 2.75) is 90.0 Å². The Morgan fingerprint density at radius 3 is 1.90 bits per heavy atom. The predicted octanol–water partition coefficient (Wildman–Crippen LogP) is 5.46. The van der Waals surface area contributed by atoms with Gasteiger partial charge in [-0.15, -0.1) is 5.10 Å². The molecule has 0 aliphatic carbocycles. The van der Waals surface area contributed by atoms with Crippen molar-refractivity contribution in [2.24, 2.45) is 7.05 Å². The van der Waals surface area contributed by atoms with Gasteiger partial charge in [-0.25, -0.2) is 4.79 Å². The molecule has 2 heterocycles. The van der Waals surface area contributed by atoms with Crippen molar-refractivity contribution in [3.63, 3.8) is 0 Å². The Morgan fingerprint density at radius 1 is 1.00 bits per heavy atom. The standard InChI is InChI=1S/C24H30F6N6O3/c1-6-17-11-19(12-18(7-2)35(17)22(38)39-13(3)4)36(21-31-33-34(5)32-21)20(37)14-8-15(23(25,26)27)10-16(9-14)24(28,29)30/h8-10,13,17-19H,6-7,11-12H2,1-5H3. The van der Waals surface area contributed by atoms with Gasteiger partial charge in [-0.3, -0.25) is 9.69 Å². The maximum Gasteiger partial charge on any atom is 0.416 e. The fourth-order valence-electron chi connectivity index (χ4n) is 4.76. The number of tetrazole rings is 1. The van der Waals surface area contributed by atoms with E-state index in [9.17, 15) is 35.9 Å². The minimum absolute atomic E-state index is 0.0409. The fourth-order valence-corrected chi connectivity index (χ4v) is 4.76. The molecule has 2 atom stereocenters. The first-order valence-corrected chi connectivity index (χ1v) is 12.4. The number of anilines is 1. The van der Waals surface area contributed by atoms with Gasteiger partial charge in [0, 0.05) is 23.7 Å². The topological polar surface area (TPSA) is 93.5 Å². The van der Waals surface area contributed by atoms with Gasteiger partial charge in [0.1, 0.15) is 0 Å². The Bertz CT molecular complexity index is 1140. The van der Waals surface area contributed by atoms with E-state index in [1.54, 1.807) is 18.7 Å². The van der Waals surface area contributed by atoms with Crippen LogP contribution in [0.5, 0.6) is 0 Å². The molecule has 216 valence electrons. The molecule has 1 saturated heterocycles. The molecule has 3 rings (SSSR count). The van der Waals surface area contributed by atoms with Crippen molar-refractivity contribution >= 4 is 17.9 Å². The third kappa shape index (κ3) is 6.79. The molecule has 9 nitrogen and oxygen atoms in total. The first kappa shape index (κ1) is 30.2. The number of carbonyl (C=O) groups is 2. The van der Waals surface area contributed by atoms with Crippen LogP contribution in [0.1, 0.15) is 74.9 Å². The summed E-state index contributed by atoms with van der Waals surface area (Å²) >= 11 is 0. The number of likely N-dealkylation sites (tertiary alicyclic amines) is 1. The molecule has 2 amide bonds. The number of aromatic nitrogens is 4. The second-order valence-corrected chi connectivity index (χ2v) is 9.64. The quantitative estimate of drug-likeness (QED) is 0.433. The number of nitrogens with zero attached hydrogens (tertiary/aromatic N) is 6. The number of amides is 2. The van der Waals surface area contributed by atoms with Crippen molar-refractivity contribution < 1.29 is 40.7 Å². The van der Waals surface area contributed by atoms with Gasteiger partial charge in [-0.2, -0.15) is 31.1 Å². The average Bonchev–Trinajstić information content (AvgIpc) is 3.26. The zero-order valence-electron chi connectivity index (χ0n) is 22.0. The third-order valence-corrected chi connectivity index (χ3v) is 6.50. The fraction of sp³-hybridized carbons (Fsp3) is 0.625. The van der Waals surface area contributed by atoms with Crippen molar-refractivity contribution in [1.82, 2.24) is 25.1 Å². The molecule has 15 heteroatoms. The summed E-state index contributed by atoms with van der Waals surface area (Å²) in [5.74, 6) is -1.42. The van der Waals surface area contributed by atoms with E-state index in [1.807, 2.05) is 13.8 Å². The van der Waals surface area contributed by atoms with E-state index in [0.29, 0.717) is 25.0 Å². The number of rotatable bonds is 6. The van der Waals surface area contributed by atoms with E-state index in [4.69, 9.17) is 4.74 Å². The number of hydrogen-bond acceptors (Lipinski definition) is 6. The van der Waals surface area contributed by atoms with Gasteiger partial charge < -0.3 is 9.64 Å². The molecule has 1 aromatic heterocycles. The summed E-state index contributed by atoms with van der Waals surface area (Å²) in [6.45, 7) is 7.06. The van der Waals surface area contributed by atoms with Crippen molar-refractivity contribution in [3.8, 4) is 0 Å². The number of aryl methyl sites for hydroxylation is 1. The van der Waals surface area contributed by atoms with E-state index >= 15 is 0 Å². The van der Waals surface area contributed by atoms with Gasteiger partial charge in [0.25, 0.3) is 11.9 Å². The van der Waals surface area contributed by atoms with Crippen LogP contribution in [-0.4, -0.2) is 61.3 Å². The molecule has 2 aromatic rings. The molecule has 0 saturated carbocycles. The van der Waals surface area contributed by atoms with Gasteiger partial charge in [-0.1, -0.05) is 18.9 Å². The molecule has 0 radical (unpaired) electrons. The maximum absolute atomic E-state index is 13.7. The molecule has 1 aliphatic rings.